The Morgan fingerprint density at radius 3 is 2.45 bits per heavy atom. The van der Waals surface area contributed by atoms with Gasteiger partial charge in [0.25, 0.3) is 0 Å². The first-order chi connectivity index (χ1) is 13.8. The summed E-state index contributed by atoms with van der Waals surface area (Å²) in [5.74, 6) is -0.925. The molecular formula is C22H22N2O4S. The summed E-state index contributed by atoms with van der Waals surface area (Å²) < 4.78 is 4.80. The molecule has 0 aliphatic rings. The van der Waals surface area contributed by atoms with Crippen LogP contribution in [-0.4, -0.2) is 29.7 Å². The summed E-state index contributed by atoms with van der Waals surface area (Å²) in [6.07, 6.45) is 0. The first kappa shape index (κ1) is 20.7. The van der Waals surface area contributed by atoms with E-state index in [0.29, 0.717) is 15.9 Å². The van der Waals surface area contributed by atoms with Crippen LogP contribution >= 0.6 is 11.8 Å². The number of rotatable bonds is 5. The monoisotopic (exact) mass is 410 g/mol. The zero-order chi connectivity index (χ0) is 21.1. The highest BCUT2D eigenvalue weighted by Gasteiger charge is 2.21. The fraction of sp³-hybridized carbons (Fsp3) is 0.227. The van der Waals surface area contributed by atoms with E-state index in [-0.39, 0.29) is 17.2 Å². The van der Waals surface area contributed by atoms with Crippen LogP contribution in [0.1, 0.15) is 27.0 Å². The number of pyridine rings is 1. The van der Waals surface area contributed by atoms with Crippen LogP contribution in [0.2, 0.25) is 0 Å². The SMILES string of the molecule is COC(=O)c1c(SCC(=O)Nc2c(C)cccc2C)[nH]c2ccc(C)cc2c1=O. The molecule has 3 aromatic rings. The third-order valence-electron chi connectivity index (χ3n) is 4.60. The van der Waals surface area contributed by atoms with Crippen molar-refractivity contribution in [3.8, 4) is 0 Å². The Morgan fingerprint density at radius 2 is 1.79 bits per heavy atom. The fourth-order valence-electron chi connectivity index (χ4n) is 3.10. The Bertz CT molecular complexity index is 1150. The normalized spacial score (nSPS) is 10.8. The first-order valence-corrected chi connectivity index (χ1v) is 10.0. The molecular weight excluding hydrogens is 388 g/mol. The van der Waals surface area contributed by atoms with Gasteiger partial charge in [-0.25, -0.2) is 4.79 Å². The van der Waals surface area contributed by atoms with Crippen molar-refractivity contribution < 1.29 is 14.3 Å². The molecule has 1 heterocycles. The van der Waals surface area contributed by atoms with Gasteiger partial charge in [-0.1, -0.05) is 41.6 Å². The summed E-state index contributed by atoms with van der Waals surface area (Å²) in [6.45, 7) is 5.72. The highest BCUT2D eigenvalue weighted by Crippen LogP contribution is 2.24. The van der Waals surface area contributed by atoms with Crippen LogP contribution in [0.5, 0.6) is 0 Å². The average Bonchev–Trinajstić information content (AvgIpc) is 2.69. The van der Waals surface area contributed by atoms with Gasteiger partial charge >= 0.3 is 5.97 Å². The Balaban J connectivity index is 1.91. The molecule has 0 saturated heterocycles. The van der Waals surface area contributed by atoms with E-state index in [4.69, 9.17) is 4.74 Å². The molecule has 0 saturated carbocycles. The number of thioether (sulfide) groups is 1. The van der Waals surface area contributed by atoms with Crippen molar-refractivity contribution in [1.29, 1.82) is 0 Å². The molecule has 0 fully saturated rings. The number of hydrogen-bond donors (Lipinski definition) is 2. The van der Waals surface area contributed by atoms with Crippen LogP contribution in [-0.2, 0) is 9.53 Å². The van der Waals surface area contributed by atoms with E-state index in [0.717, 1.165) is 34.1 Å². The number of fused-ring (bicyclic) bond motifs is 1. The molecule has 0 aliphatic heterocycles. The second kappa shape index (κ2) is 8.53. The number of anilines is 1. The van der Waals surface area contributed by atoms with Gasteiger partial charge in [0, 0.05) is 11.1 Å². The van der Waals surface area contributed by atoms with Crippen molar-refractivity contribution in [3.05, 3.63) is 68.9 Å². The smallest absolute Gasteiger partial charge is 0.344 e. The molecule has 6 nitrogen and oxygen atoms in total. The summed E-state index contributed by atoms with van der Waals surface area (Å²) in [5.41, 5.74) is 3.72. The molecule has 0 bridgehead atoms. The molecule has 3 rings (SSSR count). The molecule has 29 heavy (non-hydrogen) atoms. The second-order valence-corrected chi connectivity index (χ2v) is 7.79. The molecule has 0 aliphatic carbocycles. The van der Waals surface area contributed by atoms with Gasteiger partial charge in [-0.15, -0.1) is 0 Å². The number of H-pyrrole nitrogens is 1. The maximum Gasteiger partial charge on any atom is 0.344 e. The van der Waals surface area contributed by atoms with E-state index in [1.807, 2.05) is 45.0 Å². The van der Waals surface area contributed by atoms with E-state index in [1.165, 1.54) is 7.11 Å². The number of aryl methyl sites for hydroxylation is 3. The molecule has 0 unspecified atom stereocenters. The number of ether oxygens (including phenoxy) is 1. The highest BCUT2D eigenvalue weighted by atomic mass is 32.2. The lowest BCUT2D eigenvalue weighted by atomic mass is 10.1. The number of carbonyl (C=O) groups is 2. The number of aromatic amines is 1. The van der Waals surface area contributed by atoms with Crippen LogP contribution < -0.4 is 10.7 Å². The maximum atomic E-state index is 12.9. The molecule has 150 valence electrons. The largest absolute Gasteiger partial charge is 0.465 e. The second-order valence-electron chi connectivity index (χ2n) is 6.80. The van der Waals surface area contributed by atoms with Gasteiger partial charge in [0.1, 0.15) is 5.56 Å². The molecule has 7 heteroatoms. The van der Waals surface area contributed by atoms with Crippen molar-refractivity contribution in [2.75, 3.05) is 18.2 Å². The van der Waals surface area contributed by atoms with Crippen molar-refractivity contribution in [1.82, 2.24) is 4.98 Å². The fourth-order valence-corrected chi connectivity index (χ4v) is 3.95. The third-order valence-corrected chi connectivity index (χ3v) is 5.61. The van der Waals surface area contributed by atoms with Crippen molar-refractivity contribution >= 4 is 40.2 Å². The van der Waals surface area contributed by atoms with Crippen molar-refractivity contribution in [2.24, 2.45) is 0 Å². The summed E-state index contributed by atoms with van der Waals surface area (Å²) in [7, 11) is 1.23. The van der Waals surface area contributed by atoms with Gasteiger partial charge in [-0.05, 0) is 44.0 Å². The third kappa shape index (κ3) is 4.35. The standard InChI is InChI=1S/C22H22N2O4S/c1-12-8-9-16-15(10-12)20(26)18(22(27)28-4)21(23-16)29-11-17(25)24-19-13(2)6-5-7-14(19)3/h5-10H,11H2,1-4H3,(H,23,26)(H,24,25). The summed E-state index contributed by atoms with van der Waals surface area (Å²) >= 11 is 1.09. The Morgan fingerprint density at radius 1 is 1.10 bits per heavy atom. The summed E-state index contributed by atoms with van der Waals surface area (Å²) in [5, 5.41) is 3.63. The van der Waals surface area contributed by atoms with Gasteiger partial charge in [-0.2, -0.15) is 0 Å². The number of esters is 1. The topological polar surface area (TPSA) is 88.3 Å². The van der Waals surface area contributed by atoms with Gasteiger partial charge in [0.05, 0.1) is 23.4 Å². The molecule has 0 atom stereocenters. The lowest BCUT2D eigenvalue weighted by Crippen LogP contribution is -2.21. The number of hydrogen-bond acceptors (Lipinski definition) is 5. The lowest BCUT2D eigenvalue weighted by molar-refractivity contribution is -0.113. The summed E-state index contributed by atoms with van der Waals surface area (Å²) in [4.78, 5) is 40.7. The quantitative estimate of drug-likeness (QED) is 0.491. The Hall–Kier alpha value is -3.06. The van der Waals surface area contributed by atoms with Gasteiger partial charge in [0.15, 0.2) is 0 Å². The zero-order valence-corrected chi connectivity index (χ0v) is 17.5. The van der Waals surface area contributed by atoms with Crippen molar-refractivity contribution in [3.63, 3.8) is 0 Å². The van der Waals surface area contributed by atoms with E-state index in [9.17, 15) is 14.4 Å². The van der Waals surface area contributed by atoms with E-state index in [2.05, 4.69) is 10.3 Å². The Labute approximate surface area is 172 Å². The number of amides is 1. The number of para-hydroxylation sites is 1. The molecule has 1 aromatic heterocycles. The van der Waals surface area contributed by atoms with Gasteiger partial charge in [-0.3, -0.25) is 9.59 Å². The minimum Gasteiger partial charge on any atom is -0.465 e. The number of benzene rings is 2. The molecule has 2 N–H and O–H groups in total. The number of aromatic nitrogens is 1. The maximum absolute atomic E-state index is 12.9. The molecule has 0 spiro atoms. The molecule has 2 aromatic carbocycles. The average molecular weight is 410 g/mol. The minimum atomic E-state index is -0.729. The number of methoxy groups -OCH3 is 1. The van der Waals surface area contributed by atoms with Crippen LogP contribution in [0, 0.1) is 20.8 Å². The molecule has 0 radical (unpaired) electrons. The summed E-state index contributed by atoms with van der Waals surface area (Å²) in [6, 6.07) is 11.2. The van der Waals surface area contributed by atoms with E-state index >= 15 is 0 Å². The van der Waals surface area contributed by atoms with Crippen LogP contribution in [0.25, 0.3) is 10.9 Å². The van der Waals surface area contributed by atoms with Crippen LogP contribution in [0.15, 0.2) is 46.2 Å². The number of nitrogens with one attached hydrogen (secondary N) is 2. The lowest BCUT2D eigenvalue weighted by Gasteiger charge is -2.12. The Kier molecular flexibility index (Phi) is 6.08. The van der Waals surface area contributed by atoms with Gasteiger partial charge in [0.2, 0.25) is 11.3 Å². The van der Waals surface area contributed by atoms with E-state index < -0.39 is 11.4 Å². The van der Waals surface area contributed by atoms with Gasteiger partial charge < -0.3 is 15.0 Å². The molecule has 1 amide bonds. The van der Waals surface area contributed by atoms with Crippen LogP contribution in [0.4, 0.5) is 5.69 Å². The minimum absolute atomic E-state index is 0.0328. The van der Waals surface area contributed by atoms with E-state index in [1.54, 1.807) is 12.1 Å². The number of carbonyl (C=O) groups excluding carboxylic acids is 2. The first-order valence-electron chi connectivity index (χ1n) is 9.05. The zero-order valence-electron chi connectivity index (χ0n) is 16.7. The predicted octanol–water partition coefficient (Wildman–Crippen LogP) is 3.97. The van der Waals surface area contributed by atoms with Crippen LogP contribution in [0.3, 0.4) is 0 Å². The predicted molar refractivity (Wildman–Crippen MR) is 116 cm³/mol. The highest BCUT2D eigenvalue weighted by molar-refractivity contribution is 8.00. The van der Waals surface area contributed by atoms with Crippen molar-refractivity contribution in [2.45, 2.75) is 25.8 Å².